The van der Waals surface area contributed by atoms with Crippen LogP contribution in [0, 0.1) is 5.92 Å². The van der Waals surface area contributed by atoms with Crippen LogP contribution in [0.5, 0.6) is 0 Å². The van der Waals surface area contributed by atoms with E-state index in [0.29, 0.717) is 19.1 Å². The number of piperidine rings is 1. The summed E-state index contributed by atoms with van der Waals surface area (Å²) < 4.78 is 13.7. The SMILES string of the molecule is C[C@H](CCc1cccn1C)NC(=O)N1CCC(C2(C)OCCO2)CC1. The number of carbonyl (C=O) groups excluding carboxylic acids is 1. The predicted octanol–water partition coefficient (Wildman–Crippen LogP) is 2.53. The molecule has 1 aromatic rings. The number of aryl methyl sites for hydroxylation is 2. The van der Waals surface area contributed by atoms with Crippen LogP contribution >= 0.6 is 0 Å². The fraction of sp³-hybridized carbons (Fsp3) is 0.737. The Balaban J connectivity index is 1.41. The van der Waals surface area contributed by atoms with Gasteiger partial charge in [0.05, 0.1) is 13.2 Å². The van der Waals surface area contributed by atoms with Crippen molar-refractivity contribution in [2.24, 2.45) is 13.0 Å². The summed E-state index contributed by atoms with van der Waals surface area (Å²) >= 11 is 0. The number of nitrogens with one attached hydrogen (secondary N) is 1. The van der Waals surface area contributed by atoms with Gasteiger partial charge >= 0.3 is 6.03 Å². The molecule has 3 heterocycles. The third-order valence-electron chi connectivity index (χ3n) is 5.64. The van der Waals surface area contributed by atoms with E-state index in [1.807, 2.05) is 11.8 Å². The molecule has 3 rings (SSSR count). The van der Waals surface area contributed by atoms with Crippen molar-refractivity contribution >= 4 is 6.03 Å². The van der Waals surface area contributed by atoms with Crippen LogP contribution < -0.4 is 5.32 Å². The zero-order valence-electron chi connectivity index (χ0n) is 15.7. The van der Waals surface area contributed by atoms with Crippen LogP contribution in [0.1, 0.15) is 38.8 Å². The molecule has 0 bridgehead atoms. The van der Waals surface area contributed by atoms with E-state index in [9.17, 15) is 4.79 Å². The highest BCUT2D eigenvalue weighted by Crippen LogP contribution is 2.34. The molecule has 0 spiro atoms. The highest BCUT2D eigenvalue weighted by atomic mass is 16.7. The fourth-order valence-electron chi connectivity index (χ4n) is 3.87. The average molecular weight is 349 g/mol. The number of rotatable bonds is 5. The number of carbonyl (C=O) groups is 1. The Hall–Kier alpha value is -1.53. The van der Waals surface area contributed by atoms with Crippen LogP contribution in [0.25, 0.3) is 0 Å². The summed E-state index contributed by atoms with van der Waals surface area (Å²) in [6.07, 6.45) is 5.84. The van der Waals surface area contributed by atoms with Gasteiger partial charge in [0.25, 0.3) is 0 Å². The molecule has 6 nitrogen and oxygen atoms in total. The molecule has 2 amide bonds. The number of nitrogens with zero attached hydrogens (tertiary/aromatic N) is 2. The van der Waals surface area contributed by atoms with Crippen molar-refractivity contribution in [1.82, 2.24) is 14.8 Å². The maximum atomic E-state index is 12.5. The van der Waals surface area contributed by atoms with Crippen molar-refractivity contribution in [3.05, 3.63) is 24.0 Å². The van der Waals surface area contributed by atoms with Crippen LogP contribution in [-0.2, 0) is 22.9 Å². The molecule has 0 unspecified atom stereocenters. The minimum atomic E-state index is -0.453. The normalized spacial score (nSPS) is 22.1. The van der Waals surface area contributed by atoms with E-state index in [1.54, 1.807) is 0 Å². The van der Waals surface area contributed by atoms with Crippen molar-refractivity contribution in [2.45, 2.75) is 51.4 Å². The van der Waals surface area contributed by atoms with E-state index >= 15 is 0 Å². The third-order valence-corrected chi connectivity index (χ3v) is 5.64. The zero-order valence-corrected chi connectivity index (χ0v) is 15.7. The molecule has 1 aromatic heterocycles. The van der Waals surface area contributed by atoms with Gasteiger partial charge in [0, 0.05) is 44.0 Å². The Morgan fingerprint density at radius 1 is 1.36 bits per heavy atom. The van der Waals surface area contributed by atoms with Crippen molar-refractivity contribution < 1.29 is 14.3 Å². The van der Waals surface area contributed by atoms with Crippen LogP contribution in [-0.4, -0.2) is 53.6 Å². The summed E-state index contributed by atoms with van der Waals surface area (Å²) in [7, 11) is 2.06. The van der Waals surface area contributed by atoms with Gasteiger partial charge in [-0.15, -0.1) is 0 Å². The van der Waals surface area contributed by atoms with Crippen molar-refractivity contribution in [2.75, 3.05) is 26.3 Å². The molecule has 1 atom stereocenters. The zero-order chi connectivity index (χ0) is 17.9. The molecule has 2 aliphatic rings. The Morgan fingerprint density at radius 3 is 2.64 bits per heavy atom. The molecular formula is C19H31N3O3. The Kier molecular flexibility index (Phi) is 5.69. The second kappa shape index (κ2) is 7.79. The second-order valence-corrected chi connectivity index (χ2v) is 7.47. The highest BCUT2D eigenvalue weighted by Gasteiger charge is 2.41. The molecule has 0 aliphatic carbocycles. The van der Waals surface area contributed by atoms with Crippen LogP contribution in [0.3, 0.4) is 0 Å². The van der Waals surface area contributed by atoms with Gasteiger partial charge in [0.1, 0.15) is 0 Å². The molecule has 1 N–H and O–H groups in total. The first-order valence-corrected chi connectivity index (χ1v) is 9.41. The van der Waals surface area contributed by atoms with Crippen molar-refractivity contribution in [3.8, 4) is 0 Å². The number of ether oxygens (including phenoxy) is 2. The van der Waals surface area contributed by atoms with E-state index in [0.717, 1.165) is 38.8 Å². The van der Waals surface area contributed by atoms with Crippen LogP contribution in [0.2, 0.25) is 0 Å². The molecular weight excluding hydrogens is 318 g/mol. The lowest BCUT2D eigenvalue weighted by atomic mass is 9.89. The molecule has 2 fully saturated rings. The standard InChI is InChI=1S/C19H31N3O3/c1-15(6-7-17-5-4-10-21(17)3)20-18(23)22-11-8-16(9-12-22)19(2)24-13-14-25-19/h4-5,10,15-16H,6-9,11-14H2,1-3H3,(H,20,23)/t15-/m1/s1. The molecule has 25 heavy (non-hydrogen) atoms. The molecule has 6 heteroatoms. The summed E-state index contributed by atoms with van der Waals surface area (Å²) in [6.45, 7) is 7.00. The molecule has 140 valence electrons. The maximum Gasteiger partial charge on any atom is 0.317 e. The van der Waals surface area contributed by atoms with Gasteiger partial charge < -0.3 is 24.3 Å². The maximum absolute atomic E-state index is 12.5. The van der Waals surface area contributed by atoms with Gasteiger partial charge in [-0.3, -0.25) is 0 Å². The fourth-order valence-corrected chi connectivity index (χ4v) is 3.87. The van der Waals surface area contributed by atoms with Gasteiger partial charge in [-0.2, -0.15) is 0 Å². The van der Waals surface area contributed by atoms with Crippen LogP contribution in [0.15, 0.2) is 18.3 Å². The average Bonchev–Trinajstić information content (AvgIpc) is 3.22. The molecule has 0 aromatic carbocycles. The minimum absolute atomic E-state index is 0.0521. The quantitative estimate of drug-likeness (QED) is 0.889. The lowest BCUT2D eigenvalue weighted by Gasteiger charge is -2.39. The third kappa shape index (κ3) is 4.36. The van der Waals surface area contributed by atoms with Gasteiger partial charge in [0.2, 0.25) is 0 Å². The molecule has 0 radical (unpaired) electrons. The van der Waals surface area contributed by atoms with Crippen LogP contribution in [0.4, 0.5) is 4.79 Å². The van der Waals surface area contributed by atoms with E-state index in [4.69, 9.17) is 9.47 Å². The molecule has 2 saturated heterocycles. The van der Waals surface area contributed by atoms with Gasteiger partial charge in [0.15, 0.2) is 5.79 Å². The first-order valence-electron chi connectivity index (χ1n) is 9.41. The predicted molar refractivity (Wildman–Crippen MR) is 96.3 cm³/mol. The first-order chi connectivity index (χ1) is 12.0. The van der Waals surface area contributed by atoms with Crippen molar-refractivity contribution in [1.29, 1.82) is 0 Å². The van der Waals surface area contributed by atoms with E-state index in [2.05, 4.69) is 42.2 Å². The second-order valence-electron chi connectivity index (χ2n) is 7.47. The first kappa shape index (κ1) is 18.3. The Labute approximate surface area is 150 Å². The van der Waals surface area contributed by atoms with E-state index in [1.165, 1.54) is 5.69 Å². The summed E-state index contributed by atoms with van der Waals surface area (Å²) in [5, 5.41) is 3.14. The highest BCUT2D eigenvalue weighted by molar-refractivity contribution is 5.74. The number of aromatic nitrogens is 1. The molecule has 0 saturated carbocycles. The van der Waals surface area contributed by atoms with Gasteiger partial charge in [-0.25, -0.2) is 4.79 Å². The van der Waals surface area contributed by atoms with Crippen molar-refractivity contribution in [3.63, 3.8) is 0 Å². The largest absolute Gasteiger partial charge is 0.354 e. The number of urea groups is 1. The van der Waals surface area contributed by atoms with E-state index < -0.39 is 5.79 Å². The number of hydrogen-bond donors (Lipinski definition) is 1. The monoisotopic (exact) mass is 349 g/mol. The number of amides is 2. The Bertz CT molecular complexity index is 572. The summed E-state index contributed by atoms with van der Waals surface area (Å²) in [5.74, 6) is -0.0842. The lowest BCUT2D eigenvalue weighted by molar-refractivity contribution is -0.189. The lowest BCUT2D eigenvalue weighted by Crippen LogP contribution is -2.50. The topological polar surface area (TPSA) is 55.7 Å². The number of likely N-dealkylation sites (tertiary alicyclic amines) is 1. The summed E-state index contributed by atoms with van der Waals surface area (Å²) in [6, 6.07) is 4.41. The van der Waals surface area contributed by atoms with E-state index in [-0.39, 0.29) is 12.1 Å². The number of hydrogen-bond acceptors (Lipinski definition) is 3. The van der Waals surface area contributed by atoms with Gasteiger partial charge in [-0.1, -0.05) is 0 Å². The minimum Gasteiger partial charge on any atom is -0.354 e. The molecule has 2 aliphatic heterocycles. The smallest absolute Gasteiger partial charge is 0.317 e. The summed E-state index contributed by atoms with van der Waals surface area (Å²) in [4.78, 5) is 14.4. The Morgan fingerprint density at radius 2 is 2.04 bits per heavy atom. The summed E-state index contributed by atoms with van der Waals surface area (Å²) in [5.41, 5.74) is 1.30. The van der Waals surface area contributed by atoms with Gasteiger partial charge in [-0.05, 0) is 51.7 Å².